The van der Waals surface area contributed by atoms with Crippen molar-refractivity contribution >= 4 is 28.7 Å². The summed E-state index contributed by atoms with van der Waals surface area (Å²) in [5, 5.41) is 0.580. The maximum absolute atomic E-state index is 13.1. The van der Waals surface area contributed by atoms with E-state index in [2.05, 4.69) is 9.36 Å². The Morgan fingerprint density at radius 3 is 2.75 bits per heavy atom. The molecule has 0 aromatic carbocycles. The summed E-state index contributed by atoms with van der Waals surface area (Å²) in [7, 11) is 0. The number of aromatic nitrogens is 2. The molecule has 1 unspecified atom stereocenters. The Bertz CT molecular complexity index is 556. The molecule has 134 valence electrons. The number of amides is 2. The van der Waals surface area contributed by atoms with E-state index in [1.807, 2.05) is 27.7 Å². The summed E-state index contributed by atoms with van der Waals surface area (Å²) in [6.07, 6.45) is 4.29. The molecular formula is C16H26N4O3S. The largest absolute Gasteiger partial charge is 0.444 e. The number of rotatable bonds is 4. The van der Waals surface area contributed by atoms with Crippen LogP contribution < -0.4 is 4.90 Å². The summed E-state index contributed by atoms with van der Waals surface area (Å²) < 4.78 is 9.47. The van der Waals surface area contributed by atoms with Gasteiger partial charge < -0.3 is 4.74 Å². The monoisotopic (exact) mass is 354 g/mol. The molecule has 2 amide bonds. The minimum Gasteiger partial charge on any atom is -0.444 e. The van der Waals surface area contributed by atoms with E-state index in [1.54, 1.807) is 9.80 Å². The van der Waals surface area contributed by atoms with Crippen molar-refractivity contribution in [3.05, 3.63) is 6.33 Å². The number of hydrogen-bond acceptors (Lipinski definition) is 6. The molecule has 1 saturated heterocycles. The van der Waals surface area contributed by atoms with Crippen molar-refractivity contribution in [2.75, 3.05) is 18.0 Å². The molecule has 1 fully saturated rings. The molecule has 1 aromatic heterocycles. The quantitative estimate of drug-likeness (QED) is 0.830. The number of carbonyl (C=O) groups is 2. The third-order valence-electron chi connectivity index (χ3n) is 3.71. The Morgan fingerprint density at radius 1 is 1.42 bits per heavy atom. The average Bonchev–Trinajstić information content (AvgIpc) is 3.04. The molecule has 2 heterocycles. The maximum Gasteiger partial charge on any atom is 0.410 e. The Balaban J connectivity index is 2.18. The zero-order valence-electron chi connectivity index (χ0n) is 14.8. The predicted octanol–water partition coefficient (Wildman–Crippen LogP) is 3.07. The van der Waals surface area contributed by atoms with Gasteiger partial charge in [0.1, 0.15) is 18.0 Å². The number of carbonyl (C=O) groups excluding carboxylic acids is 2. The normalized spacial score (nSPS) is 18.3. The summed E-state index contributed by atoms with van der Waals surface area (Å²) >= 11 is 1.19. The van der Waals surface area contributed by atoms with Gasteiger partial charge in [0.2, 0.25) is 5.13 Å². The number of likely N-dealkylation sites (tertiary alicyclic amines) is 1. The number of hydrogen-bond donors (Lipinski definition) is 0. The Morgan fingerprint density at radius 2 is 2.17 bits per heavy atom. The Kier molecular flexibility index (Phi) is 6.15. The fourth-order valence-electron chi connectivity index (χ4n) is 2.72. The van der Waals surface area contributed by atoms with Crippen LogP contribution in [0.5, 0.6) is 0 Å². The van der Waals surface area contributed by atoms with Gasteiger partial charge in [-0.05, 0) is 46.5 Å². The van der Waals surface area contributed by atoms with Crippen molar-refractivity contribution in [1.82, 2.24) is 14.3 Å². The van der Waals surface area contributed by atoms with Crippen LogP contribution in [-0.4, -0.2) is 51.0 Å². The summed E-state index contributed by atoms with van der Waals surface area (Å²) in [6, 6.07) is -0.496. The highest BCUT2D eigenvalue weighted by atomic mass is 32.1. The summed E-state index contributed by atoms with van der Waals surface area (Å²) in [5.41, 5.74) is -0.579. The molecule has 2 rings (SSSR count). The van der Waals surface area contributed by atoms with E-state index in [0.717, 1.165) is 19.3 Å². The SMILES string of the molecule is CCCN(C(=O)C1CCCCN1C(=O)OC(C)(C)C)c1ncns1. The molecule has 0 aliphatic carbocycles. The lowest BCUT2D eigenvalue weighted by Gasteiger charge is -2.37. The average molecular weight is 354 g/mol. The van der Waals surface area contributed by atoms with Gasteiger partial charge in [0.15, 0.2) is 0 Å². The van der Waals surface area contributed by atoms with E-state index < -0.39 is 17.7 Å². The topological polar surface area (TPSA) is 75.6 Å². The van der Waals surface area contributed by atoms with Crippen LogP contribution >= 0.6 is 11.5 Å². The van der Waals surface area contributed by atoms with Gasteiger partial charge in [0.25, 0.3) is 5.91 Å². The third kappa shape index (κ3) is 4.66. The summed E-state index contributed by atoms with van der Waals surface area (Å²) in [5.74, 6) is -0.0980. The number of piperidine rings is 1. The van der Waals surface area contributed by atoms with Gasteiger partial charge >= 0.3 is 6.09 Å². The Hall–Kier alpha value is -1.70. The van der Waals surface area contributed by atoms with Gasteiger partial charge in [-0.15, -0.1) is 0 Å². The first-order valence-corrected chi connectivity index (χ1v) is 9.18. The molecule has 0 radical (unpaired) electrons. The molecule has 0 bridgehead atoms. The van der Waals surface area contributed by atoms with Gasteiger partial charge in [-0.25, -0.2) is 9.78 Å². The van der Waals surface area contributed by atoms with E-state index in [4.69, 9.17) is 4.74 Å². The standard InChI is InChI=1S/C16H26N4O3S/c1-5-9-20(14-17-11-18-24-14)13(21)12-8-6-7-10-19(12)15(22)23-16(2,3)4/h11-12H,5-10H2,1-4H3. The lowest BCUT2D eigenvalue weighted by atomic mass is 10.0. The molecule has 0 spiro atoms. The van der Waals surface area contributed by atoms with Gasteiger partial charge in [-0.3, -0.25) is 14.6 Å². The van der Waals surface area contributed by atoms with Crippen LogP contribution in [0.25, 0.3) is 0 Å². The van der Waals surface area contributed by atoms with Crippen molar-refractivity contribution in [2.45, 2.75) is 65.0 Å². The lowest BCUT2D eigenvalue weighted by molar-refractivity contribution is -0.125. The first-order valence-electron chi connectivity index (χ1n) is 8.41. The molecule has 7 nitrogen and oxygen atoms in total. The zero-order valence-corrected chi connectivity index (χ0v) is 15.6. The fourth-order valence-corrected chi connectivity index (χ4v) is 3.28. The molecule has 8 heteroatoms. The van der Waals surface area contributed by atoms with Crippen LogP contribution in [0, 0.1) is 0 Å². The molecule has 1 aliphatic heterocycles. The minimum absolute atomic E-state index is 0.0980. The number of nitrogens with zero attached hydrogens (tertiary/aromatic N) is 4. The fraction of sp³-hybridized carbons (Fsp3) is 0.750. The molecule has 1 aromatic rings. The van der Waals surface area contributed by atoms with E-state index in [-0.39, 0.29) is 5.91 Å². The van der Waals surface area contributed by atoms with Crippen molar-refractivity contribution in [3.8, 4) is 0 Å². The van der Waals surface area contributed by atoms with Crippen LogP contribution in [-0.2, 0) is 9.53 Å². The van der Waals surface area contributed by atoms with Gasteiger partial charge in [-0.1, -0.05) is 6.92 Å². The van der Waals surface area contributed by atoms with Crippen LogP contribution in [0.1, 0.15) is 53.4 Å². The highest BCUT2D eigenvalue weighted by molar-refractivity contribution is 7.09. The zero-order chi connectivity index (χ0) is 17.7. The molecule has 0 N–H and O–H groups in total. The van der Waals surface area contributed by atoms with Gasteiger partial charge in [-0.2, -0.15) is 4.37 Å². The van der Waals surface area contributed by atoms with Crippen LogP contribution in [0.4, 0.5) is 9.93 Å². The van der Waals surface area contributed by atoms with Gasteiger partial charge in [0, 0.05) is 24.6 Å². The van der Waals surface area contributed by atoms with Crippen molar-refractivity contribution < 1.29 is 14.3 Å². The summed E-state index contributed by atoms with van der Waals surface area (Å²) in [6.45, 7) is 8.60. The smallest absolute Gasteiger partial charge is 0.410 e. The molecule has 1 atom stereocenters. The van der Waals surface area contributed by atoms with Crippen molar-refractivity contribution in [1.29, 1.82) is 0 Å². The second kappa shape index (κ2) is 7.92. The highest BCUT2D eigenvalue weighted by Gasteiger charge is 2.37. The van der Waals surface area contributed by atoms with E-state index in [1.165, 1.54) is 17.9 Å². The highest BCUT2D eigenvalue weighted by Crippen LogP contribution is 2.25. The van der Waals surface area contributed by atoms with Crippen molar-refractivity contribution in [2.24, 2.45) is 0 Å². The minimum atomic E-state index is -0.579. The van der Waals surface area contributed by atoms with Gasteiger partial charge in [0.05, 0.1) is 0 Å². The molecule has 0 saturated carbocycles. The summed E-state index contributed by atoms with van der Waals surface area (Å²) in [4.78, 5) is 33.0. The maximum atomic E-state index is 13.1. The first-order chi connectivity index (χ1) is 11.3. The molecule has 24 heavy (non-hydrogen) atoms. The van der Waals surface area contributed by atoms with E-state index in [9.17, 15) is 9.59 Å². The van der Waals surface area contributed by atoms with Crippen LogP contribution in [0.2, 0.25) is 0 Å². The number of anilines is 1. The Labute approximate surface area is 147 Å². The second-order valence-electron chi connectivity index (χ2n) is 6.90. The lowest BCUT2D eigenvalue weighted by Crippen LogP contribution is -2.54. The van der Waals surface area contributed by atoms with Crippen LogP contribution in [0.15, 0.2) is 6.33 Å². The van der Waals surface area contributed by atoms with Crippen LogP contribution in [0.3, 0.4) is 0 Å². The second-order valence-corrected chi connectivity index (χ2v) is 7.66. The predicted molar refractivity (Wildman–Crippen MR) is 93.1 cm³/mol. The van der Waals surface area contributed by atoms with E-state index >= 15 is 0 Å². The number of ether oxygens (including phenoxy) is 1. The molecule has 1 aliphatic rings. The third-order valence-corrected chi connectivity index (χ3v) is 4.40. The first kappa shape index (κ1) is 18.6. The van der Waals surface area contributed by atoms with E-state index in [0.29, 0.717) is 24.6 Å². The molecular weight excluding hydrogens is 328 g/mol. The van der Waals surface area contributed by atoms with Crippen molar-refractivity contribution in [3.63, 3.8) is 0 Å².